The Morgan fingerprint density at radius 2 is 2.11 bits per heavy atom. The van der Waals surface area contributed by atoms with Gasteiger partial charge in [0, 0.05) is 12.6 Å². The van der Waals surface area contributed by atoms with E-state index in [1.165, 1.54) is 0 Å². The first-order valence-electron chi connectivity index (χ1n) is 5.90. The first-order chi connectivity index (χ1) is 8.97. The van der Waals surface area contributed by atoms with E-state index in [0.29, 0.717) is 5.52 Å². The number of nitrogens with one attached hydrogen (secondary N) is 3. The molecule has 0 aliphatic rings. The van der Waals surface area contributed by atoms with Crippen LogP contribution in [0.3, 0.4) is 0 Å². The van der Waals surface area contributed by atoms with Crippen LogP contribution in [0.25, 0.3) is 11.0 Å². The number of H-pyrrole nitrogens is 2. The molecule has 6 N–H and O–H groups in total. The third kappa shape index (κ3) is 3.01. The quantitative estimate of drug-likeness (QED) is 0.492. The fraction of sp³-hybridized carbons (Fsp3) is 0.333. The number of aromatic amines is 2. The molecule has 1 aromatic heterocycles. The van der Waals surface area contributed by atoms with Crippen LogP contribution in [0.15, 0.2) is 23.0 Å². The summed E-state index contributed by atoms with van der Waals surface area (Å²) < 4.78 is 0. The molecule has 0 spiro atoms. The predicted molar refractivity (Wildman–Crippen MR) is 70.5 cm³/mol. The molecule has 2 atom stereocenters. The maximum Gasteiger partial charge on any atom is 0.323 e. The van der Waals surface area contributed by atoms with Crippen LogP contribution in [0.1, 0.15) is 18.5 Å². The number of amides is 1. The molecular formula is C12H16N4O3. The third-order valence-corrected chi connectivity index (χ3v) is 2.99. The van der Waals surface area contributed by atoms with Gasteiger partial charge in [0.2, 0.25) is 5.91 Å². The fourth-order valence-corrected chi connectivity index (χ4v) is 1.83. The fourth-order valence-electron chi connectivity index (χ4n) is 1.83. The molecule has 2 unspecified atom stereocenters. The van der Waals surface area contributed by atoms with Gasteiger partial charge in [-0.3, -0.25) is 4.79 Å². The molecule has 19 heavy (non-hydrogen) atoms. The number of carbonyl (C=O) groups excluding carboxylic acids is 1. The molecule has 1 aromatic carbocycles. The third-order valence-electron chi connectivity index (χ3n) is 2.99. The van der Waals surface area contributed by atoms with E-state index in [0.717, 1.165) is 11.1 Å². The Labute approximate surface area is 108 Å². The number of aromatic nitrogens is 2. The van der Waals surface area contributed by atoms with E-state index in [-0.39, 0.29) is 18.3 Å². The van der Waals surface area contributed by atoms with Gasteiger partial charge in [0.15, 0.2) is 0 Å². The lowest BCUT2D eigenvalue weighted by Crippen LogP contribution is -2.38. The Bertz CT molecular complexity index is 646. The molecule has 0 radical (unpaired) electrons. The van der Waals surface area contributed by atoms with Crippen molar-refractivity contribution in [2.24, 2.45) is 5.73 Å². The van der Waals surface area contributed by atoms with E-state index in [1.807, 2.05) is 19.1 Å². The predicted octanol–water partition coefficient (Wildman–Crippen LogP) is -0.647. The summed E-state index contributed by atoms with van der Waals surface area (Å²) in [6.45, 7) is 1.97. The van der Waals surface area contributed by atoms with Crippen LogP contribution >= 0.6 is 0 Å². The average molecular weight is 264 g/mol. The number of benzene rings is 1. The normalized spacial score (nSPS) is 14.4. The lowest BCUT2D eigenvalue weighted by atomic mass is 10.1. The van der Waals surface area contributed by atoms with Crippen molar-refractivity contribution in [2.75, 3.05) is 6.54 Å². The number of imidazole rings is 1. The summed E-state index contributed by atoms with van der Waals surface area (Å²) in [7, 11) is 0. The van der Waals surface area contributed by atoms with Crippen LogP contribution in [-0.2, 0) is 4.79 Å². The molecule has 7 heteroatoms. The zero-order chi connectivity index (χ0) is 14.0. The molecule has 0 saturated carbocycles. The van der Waals surface area contributed by atoms with Crippen LogP contribution in [0, 0.1) is 0 Å². The summed E-state index contributed by atoms with van der Waals surface area (Å²) in [5.41, 5.74) is 7.09. The molecular weight excluding hydrogens is 248 g/mol. The van der Waals surface area contributed by atoms with Crippen molar-refractivity contribution in [3.63, 3.8) is 0 Å². The Balaban J connectivity index is 2.10. The van der Waals surface area contributed by atoms with Gasteiger partial charge < -0.3 is 26.1 Å². The minimum absolute atomic E-state index is 0.0815. The first kappa shape index (κ1) is 13.3. The summed E-state index contributed by atoms with van der Waals surface area (Å²) >= 11 is 0. The van der Waals surface area contributed by atoms with Gasteiger partial charge in [0.1, 0.15) is 6.10 Å². The van der Waals surface area contributed by atoms with E-state index >= 15 is 0 Å². The van der Waals surface area contributed by atoms with E-state index < -0.39 is 12.0 Å². The molecule has 0 fully saturated rings. The number of hydrogen-bond donors (Lipinski definition) is 5. The lowest BCUT2D eigenvalue weighted by molar-refractivity contribution is -0.125. The molecule has 2 rings (SSSR count). The van der Waals surface area contributed by atoms with Gasteiger partial charge in [-0.25, -0.2) is 4.79 Å². The largest absolute Gasteiger partial charge is 0.382 e. The molecule has 0 saturated heterocycles. The molecule has 0 aliphatic heterocycles. The van der Waals surface area contributed by atoms with Crippen molar-refractivity contribution in [2.45, 2.75) is 19.1 Å². The van der Waals surface area contributed by atoms with Crippen molar-refractivity contribution in [1.82, 2.24) is 15.3 Å². The number of aliphatic hydroxyl groups is 1. The standard InChI is InChI=1S/C12H16N4O3/c1-6(14-5-10(17)11(13)18)7-2-3-8-9(4-7)16-12(19)15-8/h2-4,6,10,14,17H,5H2,1H3,(H2,13,18)(H2,15,16,19). The van der Waals surface area contributed by atoms with Gasteiger partial charge in [0.25, 0.3) is 0 Å². The van der Waals surface area contributed by atoms with E-state index in [1.54, 1.807) is 6.07 Å². The molecule has 1 heterocycles. The number of rotatable bonds is 5. The summed E-state index contributed by atoms with van der Waals surface area (Å²) in [5.74, 6) is -0.759. The van der Waals surface area contributed by atoms with Gasteiger partial charge in [-0.15, -0.1) is 0 Å². The van der Waals surface area contributed by atoms with E-state index in [4.69, 9.17) is 5.73 Å². The van der Waals surface area contributed by atoms with Crippen molar-refractivity contribution >= 4 is 16.9 Å². The summed E-state index contributed by atoms with van der Waals surface area (Å²) in [6, 6.07) is 5.41. The minimum Gasteiger partial charge on any atom is -0.382 e. The second-order valence-electron chi connectivity index (χ2n) is 4.43. The number of aliphatic hydroxyl groups excluding tert-OH is 1. The number of primary amides is 1. The van der Waals surface area contributed by atoms with Gasteiger partial charge in [0.05, 0.1) is 11.0 Å². The van der Waals surface area contributed by atoms with E-state index in [2.05, 4.69) is 15.3 Å². The summed E-state index contributed by atoms with van der Waals surface area (Å²) in [6.07, 6.45) is -1.21. The smallest absolute Gasteiger partial charge is 0.323 e. The zero-order valence-electron chi connectivity index (χ0n) is 10.4. The van der Waals surface area contributed by atoms with Crippen LogP contribution < -0.4 is 16.7 Å². The van der Waals surface area contributed by atoms with Crippen LogP contribution in [0.4, 0.5) is 0 Å². The second-order valence-corrected chi connectivity index (χ2v) is 4.43. The number of hydrogen-bond acceptors (Lipinski definition) is 4. The minimum atomic E-state index is -1.21. The Morgan fingerprint density at radius 3 is 2.79 bits per heavy atom. The maximum atomic E-state index is 11.1. The SMILES string of the molecule is CC(NCC(O)C(N)=O)c1ccc2[nH]c(=O)[nH]c2c1. The molecule has 2 aromatic rings. The van der Waals surface area contributed by atoms with Crippen molar-refractivity contribution < 1.29 is 9.90 Å². The Kier molecular flexibility index (Phi) is 3.68. The molecule has 7 nitrogen and oxygen atoms in total. The maximum absolute atomic E-state index is 11.1. The number of fused-ring (bicyclic) bond motifs is 1. The summed E-state index contributed by atoms with van der Waals surface area (Å²) in [5, 5.41) is 12.3. The highest BCUT2D eigenvalue weighted by atomic mass is 16.3. The zero-order valence-corrected chi connectivity index (χ0v) is 10.4. The van der Waals surface area contributed by atoms with Gasteiger partial charge in [-0.2, -0.15) is 0 Å². The van der Waals surface area contributed by atoms with Crippen LogP contribution in [-0.4, -0.2) is 33.6 Å². The van der Waals surface area contributed by atoms with Crippen LogP contribution in [0.2, 0.25) is 0 Å². The van der Waals surface area contributed by atoms with Crippen molar-refractivity contribution in [3.8, 4) is 0 Å². The Morgan fingerprint density at radius 1 is 1.42 bits per heavy atom. The molecule has 102 valence electrons. The van der Waals surface area contributed by atoms with E-state index in [9.17, 15) is 14.7 Å². The Hall–Kier alpha value is -2.12. The highest BCUT2D eigenvalue weighted by Crippen LogP contribution is 2.16. The molecule has 0 aliphatic carbocycles. The average Bonchev–Trinajstić information content (AvgIpc) is 2.74. The van der Waals surface area contributed by atoms with Gasteiger partial charge in [-0.05, 0) is 24.6 Å². The molecule has 0 bridgehead atoms. The van der Waals surface area contributed by atoms with Crippen LogP contribution in [0.5, 0.6) is 0 Å². The van der Waals surface area contributed by atoms with Crippen molar-refractivity contribution in [3.05, 3.63) is 34.2 Å². The van der Waals surface area contributed by atoms with Gasteiger partial charge >= 0.3 is 5.69 Å². The highest BCUT2D eigenvalue weighted by molar-refractivity contribution is 5.78. The summed E-state index contributed by atoms with van der Waals surface area (Å²) in [4.78, 5) is 27.2. The number of carbonyl (C=O) groups is 1. The first-order valence-corrected chi connectivity index (χ1v) is 5.90. The monoisotopic (exact) mass is 264 g/mol. The molecule has 1 amide bonds. The topological polar surface area (TPSA) is 124 Å². The van der Waals surface area contributed by atoms with Crippen molar-refractivity contribution in [1.29, 1.82) is 0 Å². The second kappa shape index (κ2) is 5.25. The lowest BCUT2D eigenvalue weighted by Gasteiger charge is -2.16. The number of nitrogens with two attached hydrogens (primary N) is 1. The van der Waals surface area contributed by atoms with Gasteiger partial charge in [-0.1, -0.05) is 6.07 Å². The highest BCUT2D eigenvalue weighted by Gasteiger charge is 2.13.